The highest BCUT2D eigenvalue weighted by Crippen LogP contribution is 2.23. The van der Waals surface area contributed by atoms with Crippen LogP contribution >= 0.6 is 24.4 Å². The van der Waals surface area contributed by atoms with Gasteiger partial charge in [-0.25, -0.2) is 0 Å². The van der Waals surface area contributed by atoms with Crippen molar-refractivity contribution in [2.45, 2.75) is 32.5 Å². The van der Waals surface area contributed by atoms with Crippen LogP contribution in [0.5, 0.6) is 0 Å². The molecule has 0 saturated carbocycles. The zero-order valence-electron chi connectivity index (χ0n) is 12.2. The van der Waals surface area contributed by atoms with Crippen molar-refractivity contribution >= 4 is 41.4 Å². The van der Waals surface area contributed by atoms with E-state index in [1.807, 2.05) is 13.8 Å². The molecular weight excluding hydrogens is 305 g/mol. The maximum Gasteiger partial charge on any atom is 0.455 e. The van der Waals surface area contributed by atoms with Gasteiger partial charge in [-0.3, -0.25) is 9.97 Å². The second-order valence-corrected chi connectivity index (χ2v) is 6.30. The fourth-order valence-corrected chi connectivity index (χ4v) is 2.43. The summed E-state index contributed by atoms with van der Waals surface area (Å²) >= 11 is 10.5. The molecule has 114 valence electrons. The number of rotatable bonds is 8. The minimum absolute atomic E-state index is 0.246. The first-order valence-electron chi connectivity index (χ1n) is 6.82. The van der Waals surface area contributed by atoms with Gasteiger partial charge in [0.15, 0.2) is 0 Å². The standard InChI is InChI=1S/C13H20BN3O2S2/c1-9(2)5-10(14(18)19)6-11(20)7-17-13(21)12-8-15-3-4-16-12/h3-4,8-10,18-19H,5-7H2,1-2H3,(H,17,21)/t10-/m1/s1. The summed E-state index contributed by atoms with van der Waals surface area (Å²) in [5.41, 5.74) is 0.594. The van der Waals surface area contributed by atoms with Gasteiger partial charge in [0.05, 0.1) is 6.20 Å². The average molecular weight is 325 g/mol. The number of thiocarbonyl (C=S) groups is 2. The van der Waals surface area contributed by atoms with Crippen molar-refractivity contribution in [3.05, 3.63) is 24.3 Å². The van der Waals surface area contributed by atoms with Gasteiger partial charge in [0.2, 0.25) is 0 Å². The van der Waals surface area contributed by atoms with Crippen molar-refractivity contribution in [3.63, 3.8) is 0 Å². The molecule has 0 unspecified atom stereocenters. The Kier molecular flexibility index (Phi) is 7.88. The Morgan fingerprint density at radius 3 is 2.57 bits per heavy atom. The highest BCUT2D eigenvalue weighted by molar-refractivity contribution is 7.81. The molecule has 1 rings (SSSR count). The van der Waals surface area contributed by atoms with Crippen molar-refractivity contribution in [1.82, 2.24) is 15.3 Å². The SMILES string of the molecule is CC(C)C[C@H](CC(=S)CNC(=S)c1cnccn1)B(O)O. The second-order valence-electron chi connectivity index (χ2n) is 5.32. The molecule has 1 aromatic rings. The first kappa shape index (κ1) is 18.1. The van der Waals surface area contributed by atoms with Gasteiger partial charge < -0.3 is 15.4 Å². The first-order valence-corrected chi connectivity index (χ1v) is 7.63. The number of hydrogen-bond acceptors (Lipinski definition) is 6. The molecule has 0 bridgehead atoms. The van der Waals surface area contributed by atoms with E-state index in [4.69, 9.17) is 24.4 Å². The number of nitrogens with one attached hydrogen (secondary N) is 1. The molecule has 8 heteroatoms. The summed E-state index contributed by atoms with van der Waals surface area (Å²) in [5.74, 6) is 0.137. The van der Waals surface area contributed by atoms with Crippen LogP contribution in [0.4, 0.5) is 0 Å². The molecule has 5 nitrogen and oxygen atoms in total. The number of nitrogens with zero attached hydrogens (tertiary/aromatic N) is 2. The Hall–Kier alpha value is -0.955. The van der Waals surface area contributed by atoms with Crippen LogP contribution in [0, 0.1) is 5.92 Å². The van der Waals surface area contributed by atoms with Gasteiger partial charge in [-0.1, -0.05) is 38.3 Å². The van der Waals surface area contributed by atoms with Gasteiger partial charge in [-0.05, 0) is 24.6 Å². The Morgan fingerprint density at radius 1 is 1.33 bits per heavy atom. The van der Waals surface area contributed by atoms with Crippen LogP contribution in [-0.2, 0) is 0 Å². The summed E-state index contributed by atoms with van der Waals surface area (Å²) in [6, 6.07) is 0. The van der Waals surface area contributed by atoms with Crippen LogP contribution in [0.1, 0.15) is 32.4 Å². The van der Waals surface area contributed by atoms with Gasteiger partial charge in [-0.15, -0.1) is 0 Å². The van der Waals surface area contributed by atoms with Crippen molar-refractivity contribution in [3.8, 4) is 0 Å². The highest BCUT2D eigenvalue weighted by Gasteiger charge is 2.25. The molecule has 0 amide bonds. The summed E-state index contributed by atoms with van der Waals surface area (Å²) in [5, 5.41) is 21.8. The molecule has 0 fully saturated rings. The maximum absolute atomic E-state index is 9.40. The summed E-state index contributed by atoms with van der Waals surface area (Å²) in [4.78, 5) is 9.23. The van der Waals surface area contributed by atoms with Crippen molar-refractivity contribution in [2.24, 2.45) is 5.92 Å². The van der Waals surface area contributed by atoms with E-state index in [0.717, 1.165) is 0 Å². The predicted molar refractivity (Wildman–Crippen MR) is 92.3 cm³/mol. The molecule has 0 aromatic carbocycles. The van der Waals surface area contributed by atoms with Crippen LogP contribution in [0.25, 0.3) is 0 Å². The summed E-state index contributed by atoms with van der Waals surface area (Å²) < 4.78 is 0. The van der Waals surface area contributed by atoms with Crippen molar-refractivity contribution in [2.75, 3.05) is 6.54 Å². The van der Waals surface area contributed by atoms with E-state index in [1.54, 1.807) is 18.6 Å². The largest absolute Gasteiger partial charge is 0.455 e. The third-order valence-electron chi connectivity index (χ3n) is 2.93. The van der Waals surface area contributed by atoms with Gasteiger partial charge in [-0.2, -0.15) is 0 Å². The van der Waals surface area contributed by atoms with Crippen LogP contribution in [0.2, 0.25) is 5.82 Å². The Bertz CT molecular complexity index is 472. The molecule has 1 atom stereocenters. The fourth-order valence-electron chi connectivity index (χ4n) is 1.97. The van der Waals surface area contributed by atoms with Gasteiger partial charge in [0.1, 0.15) is 10.7 Å². The normalized spacial score (nSPS) is 12.0. The molecule has 0 aliphatic carbocycles. The van der Waals surface area contributed by atoms with E-state index in [2.05, 4.69) is 15.3 Å². The van der Waals surface area contributed by atoms with Crippen LogP contribution in [0.3, 0.4) is 0 Å². The lowest BCUT2D eigenvalue weighted by Crippen LogP contribution is -2.31. The first-order chi connectivity index (χ1) is 9.90. The smallest absolute Gasteiger partial charge is 0.427 e. The van der Waals surface area contributed by atoms with Crippen molar-refractivity contribution in [1.29, 1.82) is 0 Å². The Morgan fingerprint density at radius 2 is 2.05 bits per heavy atom. The van der Waals surface area contributed by atoms with Crippen LogP contribution in [-0.4, -0.2) is 43.5 Å². The monoisotopic (exact) mass is 325 g/mol. The van der Waals surface area contributed by atoms with Crippen LogP contribution in [0.15, 0.2) is 18.6 Å². The lowest BCUT2D eigenvalue weighted by atomic mass is 9.66. The van der Waals surface area contributed by atoms with E-state index in [9.17, 15) is 10.0 Å². The molecule has 1 heterocycles. The van der Waals surface area contributed by atoms with E-state index < -0.39 is 7.12 Å². The minimum atomic E-state index is -1.35. The quantitative estimate of drug-likeness (QED) is 0.492. The topological polar surface area (TPSA) is 78.3 Å². The Balaban J connectivity index is 2.44. The molecule has 0 aliphatic heterocycles. The van der Waals surface area contributed by atoms with Gasteiger partial charge >= 0.3 is 7.12 Å². The van der Waals surface area contributed by atoms with E-state index in [1.165, 1.54) is 0 Å². The molecule has 21 heavy (non-hydrogen) atoms. The number of aromatic nitrogens is 2. The van der Waals surface area contributed by atoms with Gasteiger partial charge in [0.25, 0.3) is 0 Å². The molecule has 0 radical (unpaired) electrons. The third kappa shape index (κ3) is 7.03. The van der Waals surface area contributed by atoms with E-state index >= 15 is 0 Å². The highest BCUT2D eigenvalue weighted by atomic mass is 32.1. The summed E-state index contributed by atoms with van der Waals surface area (Å²) in [7, 11) is -1.35. The molecule has 3 N–H and O–H groups in total. The minimum Gasteiger partial charge on any atom is -0.427 e. The molecular formula is C13H20BN3O2S2. The number of hydrogen-bond donors (Lipinski definition) is 3. The van der Waals surface area contributed by atoms with Crippen molar-refractivity contribution < 1.29 is 10.0 Å². The third-order valence-corrected chi connectivity index (χ3v) is 3.59. The lowest BCUT2D eigenvalue weighted by molar-refractivity contribution is 0.368. The lowest BCUT2D eigenvalue weighted by Gasteiger charge is -2.18. The zero-order valence-corrected chi connectivity index (χ0v) is 13.8. The summed E-state index contributed by atoms with van der Waals surface area (Å²) in [6.07, 6.45) is 5.92. The average Bonchev–Trinajstić information content (AvgIpc) is 2.44. The van der Waals surface area contributed by atoms with Crippen LogP contribution < -0.4 is 5.32 Å². The fraction of sp³-hybridized carbons (Fsp3) is 0.538. The van der Waals surface area contributed by atoms with E-state index in [0.29, 0.717) is 40.9 Å². The molecule has 0 spiro atoms. The molecule has 0 saturated heterocycles. The molecule has 1 aromatic heterocycles. The van der Waals surface area contributed by atoms with E-state index in [-0.39, 0.29) is 5.82 Å². The summed E-state index contributed by atoms with van der Waals surface area (Å²) in [6.45, 7) is 4.49. The maximum atomic E-state index is 9.40. The van der Waals surface area contributed by atoms with Gasteiger partial charge in [0, 0.05) is 23.8 Å². The Labute approximate surface area is 136 Å². The molecule has 0 aliphatic rings. The second kappa shape index (κ2) is 9.14. The zero-order chi connectivity index (χ0) is 15.8. The predicted octanol–water partition coefficient (Wildman–Crippen LogP) is 1.39.